The van der Waals surface area contributed by atoms with Crippen molar-refractivity contribution in [2.75, 3.05) is 18.4 Å². The lowest BCUT2D eigenvalue weighted by Crippen LogP contribution is -2.33. The third kappa shape index (κ3) is 4.19. The number of anilines is 1. The van der Waals surface area contributed by atoms with E-state index in [1.54, 1.807) is 0 Å². The molecule has 2 heterocycles. The molecule has 4 aromatic rings. The van der Waals surface area contributed by atoms with E-state index in [0.29, 0.717) is 26.1 Å². The van der Waals surface area contributed by atoms with Crippen LogP contribution >= 0.6 is 0 Å². The number of amides is 2. The fraction of sp³-hybridized carbons (Fsp3) is 0.280. The van der Waals surface area contributed by atoms with Gasteiger partial charge in [-0.1, -0.05) is 18.2 Å². The number of nitrogens with one attached hydrogen (secondary N) is 2. The van der Waals surface area contributed by atoms with E-state index >= 15 is 0 Å². The first-order valence-corrected chi connectivity index (χ1v) is 10.7. The predicted octanol–water partition coefficient (Wildman–Crippen LogP) is 4.48. The van der Waals surface area contributed by atoms with Gasteiger partial charge < -0.3 is 19.8 Å². The number of nitrogens with zero attached hydrogens (tertiary/aromatic N) is 2. The Morgan fingerprint density at radius 3 is 2.61 bits per heavy atom. The van der Waals surface area contributed by atoms with E-state index in [4.69, 9.17) is 0 Å². The van der Waals surface area contributed by atoms with Crippen LogP contribution in [0.2, 0.25) is 0 Å². The number of hydrogen-bond donors (Lipinski definition) is 2. The van der Waals surface area contributed by atoms with Crippen LogP contribution in [0.4, 0.5) is 5.69 Å². The largest absolute Gasteiger partial charge is 0.358 e. The van der Waals surface area contributed by atoms with Crippen molar-refractivity contribution >= 4 is 39.3 Å². The molecule has 0 atom stereocenters. The average Bonchev–Trinajstić information content (AvgIpc) is 3.29. The molecule has 0 radical (unpaired) electrons. The third-order valence-corrected chi connectivity index (χ3v) is 5.84. The maximum absolute atomic E-state index is 12.7. The van der Waals surface area contributed by atoms with Crippen LogP contribution in [0.3, 0.4) is 0 Å². The second-order valence-corrected chi connectivity index (χ2v) is 7.78. The van der Waals surface area contributed by atoms with Gasteiger partial charge in [0.15, 0.2) is 0 Å². The number of hydrogen-bond acceptors (Lipinski definition) is 2. The zero-order valence-corrected chi connectivity index (χ0v) is 18.2. The van der Waals surface area contributed by atoms with Crippen molar-refractivity contribution in [3.05, 3.63) is 66.0 Å². The van der Waals surface area contributed by atoms with E-state index in [1.165, 1.54) is 0 Å². The molecule has 0 unspecified atom stereocenters. The average molecular weight is 417 g/mol. The first-order chi connectivity index (χ1) is 15.0. The maximum Gasteiger partial charge on any atom is 0.242 e. The fourth-order valence-electron chi connectivity index (χ4n) is 4.17. The number of rotatable bonds is 7. The first-order valence-electron chi connectivity index (χ1n) is 10.7. The molecule has 0 fully saturated rings. The van der Waals surface area contributed by atoms with Crippen molar-refractivity contribution in [1.82, 2.24) is 14.5 Å². The van der Waals surface area contributed by atoms with Crippen molar-refractivity contribution < 1.29 is 9.59 Å². The summed E-state index contributed by atoms with van der Waals surface area (Å²) in [6.45, 7) is 7.71. The van der Waals surface area contributed by atoms with Gasteiger partial charge in [0.25, 0.3) is 0 Å². The molecule has 6 heteroatoms. The molecule has 0 aliphatic heterocycles. The highest BCUT2D eigenvalue weighted by atomic mass is 16.2. The SMILES string of the molecule is CCN(CC)C(=O)Cn1ccc2cc(NC(=O)Cc3c(C)[nH]c4ccccc34)ccc21. The minimum Gasteiger partial charge on any atom is -0.358 e. The van der Waals surface area contributed by atoms with E-state index in [9.17, 15) is 9.59 Å². The molecule has 2 aromatic carbocycles. The third-order valence-electron chi connectivity index (χ3n) is 5.84. The molecule has 0 saturated carbocycles. The Hall–Kier alpha value is -3.54. The van der Waals surface area contributed by atoms with E-state index in [0.717, 1.165) is 38.8 Å². The molecular formula is C25H28N4O2. The number of aromatic nitrogens is 2. The van der Waals surface area contributed by atoms with Crippen LogP contribution in [0.1, 0.15) is 25.1 Å². The summed E-state index contributed by atoms with van der Waals surface area (Å²) in [7, 11) is 0. The molecular weight excluding hydrogens is 388 g/mol. The van der Waals surface area contributed by atoms with Crippen molar-refractivity contribution in [3.63, 3.8) is 0 Å². The highest BCUT2D eigenvalue weighted by Crippen LogP contribution is 2.24. The topological polar surface area (TPSA) is 70.1 Å². The lowest BCUT2D eigenvalue weighted by Gasteiger charge is -2.19. The van der Waals surface area contributed by atoms with Crippen LogP contribution in [0.5, 0.6) is 0 Å². The van der Waals surface area contributed by atoms with Crippen LogP contribution < -0.4 is 5.32 Å². The summed E-state index contributed by atoms with van der Waals surface area (Å²) in [4.78, 5) is 30.3. The zero-order chi connectivity index (χ0) is 22.0. The molecule has 2 N–H and O–H groups in total. The molecule has 160 valence electrons. The summed E-state index contributed by atoms with van der Waals surface area (Å²) in [6, 6.07) is 15.8. The van der Waals surface area contributed by atoms with E-state index < -0.39 is 0 Å². The highest BCUT2D eigenvalue weighted by molar-refractivity contribution is 5.98. The number of likely N-dealkylation sites (N-methyl/N-ethyl adjacent to an activating group) is 1. The molecule has 0 bridgehead atoms. The minimum atomic E-state index is -0.0525. The predicted molar refractivity (Wildman–Crippen MR) is 125 cm³/mol. The second kappa shape index (κ2) is 8.68. The smallest absolute Gasteiger partial charge is 0.242 e. The highest BCUT2D eigenvalue weighted by Gasteiger charge is 2.14. The number of benzene rings is 2. The van der Waals surface area contributed by atoms with Gasteiger partial charge in [-0.05, 0) is 56.7 Å². The fourth-order valence-corrected chi connectivity index (χ4v) is 4.17. The van der Waals surface area contributed by atoms with Gasteiger partial charge in [-0.3, -0.25) is 9.59 Å². The number of carbonyl (C=O) groups is 2. The normalized spacial score (nSPS) is 11.2. The molecule has 6 nitrogen and oxygen atoms in total. The molecule has 0 spiro atoms. The van der Waals surface area contributed by atoms with Crippen molar-refractivity contribution in [2.24, 2.45) is 0 Å². The Morgan fingerprint density at radius 2 is 1.84 bits per heavy atom. The summed E-state index contributed by atoms with van der Waals surface area (Å²) in [6.07, 6.45) is 2.24. The molecule has 0 aliphatic carbocycles. The summed E-state index contributed by atoms with van der Waals surface area (Å²) < 4.78 is 1.96. The quantitative estimate of drug-likeness (QED) is 0.466. The lowest BCUT2D eigenvalue weighted by molar-refractivity contribution is -0.131. The van der Waals surface area contributed by atoms with Crippen LogP contribution in [-0.4, -0.2) is 39.4 Å². The van der Waals surface area contributed by atoms with Crippen LogP contribution in [0, 0.1) is 6.92 Å². The van der Waals surface area contributed by atoms with Crippen LogP contribution in [0.15, 0.2) is 54.7 Å². The monoisotopic (exact) mass is 416 g/mol. The van der Waals surface area contributed by atoms with Gasteiger partial charge >= 0.3 is 0 Å². The van der Waals surface area contributed by atoms with Gasteiger partial charge in [-0.15, -0.1) is 0 Å². The van der Waals surface area contributed by atoms with Crippen molar-refractivity contribution in [2.45, 2.75) is 33.7 Å². The van der Waals surface area contributed by atoms with Crippen molar-refractivity contribution in [3.8, 4) is 0 Å². The number of aryl methyl sites for hydroxylation is 1. The Balaban J connectivity index is 1.48. The van der Waals surface area contributed by atoms with Crippen molar-refractivity contribution in [1.29, 1.82) is 0 Å². The molecule has 2 aromatic heterocycles. The van der Waals surface area contributed by atoms with Gasteiger partial charge in [0.05, 0.1) is 6.42 Å². The Morgan fingerprint density at radius 1 is 1.06 bits per heavy atom. The Labute approximate surface area is 181 Å². The number of aromatic amines is 1. The molecule has 31 heavy (non-hydrogen) atoms. The standard InChI is InChI=1S/C25H28N4O2/c1-4-28(5-2)25(31)16-29-13-12-18-14-19(10-11-23(18)29)27-24(30)15-21-17(3)26-22-9-7-6-8-20(21)22/h6-14,26H,4-5,15-16H2,1-3H3,(H,27,30). The van der Waals surface area contributed by atoms with Crippen LogP contribution in [-0.2, 0) is 22.6 Å². The summed E-state index contributed by atoms with van der Waals surface area (Å²) in [5.41, 5.74) is 4.82. The lowest BCUT2D eigenvalue weighted by atomic mass is 10.1. The second-order valence-electron chi connectivity index (χ2n) is 7.78. The summed E-state index contributed by atoms with van der Waals surface area (Å²) in [5, 5.41) is 5.09. The van der Waals surface area contributed by atoms with Gasteiger partial charge in [0.1, 0.15) is 6.54 Å². The molecule has 2 amide bonds. The van der Waals surface area contributed by atoms with Gasteiger partial charge in [-0.2, -0.15) is 0 Å². The number of fused-ring (bicyclic) bond motifs is 2. The van der Waals surface area contributed by atoms with E-state index in [1.807, 2.05) is 85.0 Å². The van der Waals surface area contributed by atoms with Gasteiger partial charge in [0, 0.05) is 52.5 Å². The van der Waals surface area contributed by atoms with Crippen LogP contribution in [0.25, 0.3) is 21.8 Å². The Kier molecular flexibility index (Phi) is 5.80. The van der Waals surface area contributed by atoms with E-state index in [-0.39, 0.29) is 11.8 Å². The number of para-hydroxylation sites is 1. The summed E-state index contributed by atoms with van der Waals surface area (Å²) in [5.74, 6) is 0.0531. The van der Waals surface area contributed by atoms with Gasteiger partial charge in [-0.25, -0.2) is 0 Å². The molecule has 4 rings (SSSR count). The summed E-state index contributed by atoms with van der Waals surface area (Å²) >= 11 is 0. The molecule has 0 saturated heterocycles. The number of carbonyl (C=O) groups excluding carboxylic acids is 2. The number of H-pyrrole nitrogens is 1. The maximum atomic E-state index is 12.7. The van der Waals surface area contributed by atoms with E-state index in [2.05, 4.69) is 10.3 Å². The van der Waals surface area contributed by atoms with Gasteiger partial charge in [0.2, 0.25) is 11.8 Å². The zero-order valence-electron chi connectivity index (χ0n) is 18.2. The Bertz CT molecular complexity index is 1250. The minimum absolute atomic E-state index is 0.0525. The first kappa shape index (κ1) is 20.7. The molecule has 0 aliphatic rings.